The summed E-state index contributed by atoms with van der Waals surface area (Å²) in [6.07, 6.45) is 15.6. The van der Waals surface area contributed by atoms with Gasteiger partial charge in [0.2, 0.25) is 0 Å². The molecule has 2 unspecified atom stereocenters. The standard InChI is InChI=1S/C15H30O2/c1-14-15(17-14)12-10-8-6-4-2-3-5-7-9-11-13-16/h14-16H,2-13H2,1H3. The number of aliphatic hydroxyl groups excluding tert-OH is 1. The molecule has 1 aliphatic heterocycles. The molecule has 0 amide bonds. The Kier molecular flexibility index (Phi) is 8.72. The van der Waals surface area contributed by atoms with Crippen LogP contribution in [-0.2, 0) is 4.74 Å². The van der Waals surface area contributed by atoms with Gasteiger partial charge in [0.15, 0.2) is 0 Å². The van der Waals surface area contributed by atoms with Gasteiger partial charge in [0.05, 0.1) is 12.2 Å². The molecule has 0 radical (unpaired) electrons. The first-order valence-corrected chi connectivity index (χ1v) is 7.61. The van der Waals surface area contributed by atoms with Crippen molar-refractivity contribution in [2.45, 2.75) is 89.8 Å². The molecule has 1 N–H and O–H groups in total. The van der Waals surface area contributed by atoms with Gasteiger partial charge in [-0.2, -0.15) is 0 Å². The van der Waals surface area contributed by atoms with E-state index in [9.17, 15) is 0 Å². The molecule has 0 spiro atoms. The highest BCUT2D eigenvalue weighted by Crippen LogP contribution is 2.26. The van der Waals surface area contributed by atoms with Crippen molar-refractivity contribution in [2.24, 2.45) is 0 Å². The maximum atomic E-state index is 8.64. The third kappa shape index (κ3) is 8.62. The lowest BCUT2D eigenvalue weighted by Gasteiger charge is -2.01. The van der Waals surface area contributed by atoms with E-state index in [1.165, 1.54) is 64.2 Å². The highest BCUT2D eigenvalue weighted by atomic mass is 16.6. The predicted octanol–water partition coefficient (Wildman–Crippen LogP) is 4.06. The molecule has 1 fully saturated rings. The van der Waals surface area contributed by atoms with Gasteiger partial charge < -0.3 is 9.84 Å². The topological polar surface area (TPSA) is 32.8 Å². The fourth-order valence-electron chi connectivity index (χ4n) is 2.40. The molecule has 1 saturated heterocycles. The van der Waals surface area contributed by atoms with Gasteiger partial charge in [-0.05, 0) is 19.8 Å². The van der Waals surface area contributed by atoms with E-state index < -0.39 is 0 Å². The van der Waals surface area contributed by atoms with Crippen molar-refractivity contribution in [3.8, 4) is 0 Å². The van der Waals surface area contributed by atoms with Gasteiger partial charge >= 0.3 is 0 Å². The van der Waals surface area contributed by atoms with Gasteiger partial charge in [0.25, 0.3) is 0 Å². The summed E-state index contributed by atoms with van der Waals surface area (Å²) in [4.78, 5) is 0. The van der Waals surface area contributed by atoms with Crippen molar-refractivity contribution in [3.05, 3.63) is 0 Å². The van der Waals surface area contributed by atoms with Gasteiger partial charge in [0, 0.05) is 6.61 Å². The Balaban J connectivity index is 1.64. The van der Waals surface area contributed by atoms with Crippen molar-refractivity contribution < 1.29 is 9.84 Å². The van der Waals surface area contributed by atoms with Crippen molar-refractivity contribution in [3.63, 3.8) is 0 Å². The van der Waals surface area contributed by atoms with Crippen LogP contribution in [0.15, 0.2) is 0 Å². The highest BCUT2D eigenvalue weighted by Gasteiger charge is 2.32. The minimum Gasteiger partial charge on any atom is -0.396 e. The molecule has 0 saturated carbocycles. The zero-order valence-corrected chi connectivity index (χ0v) is 11.5. The van der Waals surface area contributed by atoms with Gasteiger partial charge in [-0.15, -0.1) is 0 Å². The number of epoxide rings is 1. The van der Waals surface area contributed by atoms with E-state index in [2.05, 4.69) is 6.92 Å². The second kappa shape index (κ2) is 9.90. The fourth-order valence-corrected chi connectivity index (χ4v) is 2.40. The average molecular weight is 242 g/mol. The Morgan fingerprint density at radius 2 is 1.18 bits per heavy atom. The number of hydrogen-bond donors (Lipinski definition) is 1. The molecule has 1 rings (SSSR count). The molecule has 0 bridgehead atoms. The first-order valence-electron chi connectivity index (χ1n) is 7.61. The summed E-state index contributed by atoms with van der Waals surface area (Å²) in [5.74, 6) is 0. The number of hydrogen-bond acceptors (Lipinski definition) is 2. The molecular formula is C15H30O2. The summed E-state index contributed by atoms with van der Waals surface area (Å²) in [5, 5.41) is 8.64. The van der Waals surface area contributed by atoms with Crippen LogP contribution in [0.1, 0.15) is 77.6 Å². The first-order chi connectivity index (χ1) is 8.34. The van der Waals surface area contributed by atoms with Crippen molar-refractivity contribution in [1.82, 2.24) is 0 Å². The largest absolute Gasteiger partial charge is 0.396 e. The van der Waals surface area contributed by atoms with Crippen molar-refractivity contribution >= 4 is 0 Å². The van der Waals surface area contributed by atoms with Crippen LogP contribution in [0.2, 0.25) is 0 Å². The van der Waals surface area contributed by atoms with Crippen molar-refractivity contribution in [2.75, 3.05) is 6.61 Å². The van der Waals surface area contributed by atoms with Crippen LogP contribution in [0.5, 0.6) is 0 Å². The summed E-state index contributed by atoms with van der Waals surface area (Å²) in [7, 11) is 0. The van der Waals surface area contributed by atoms with Gasteiger partial charge in [-0.1, -0.05) is 57.8 Å². The van der Waals surface area contributed by atoms with E-state index in [4.69, 9.17) is 9.84 Å². The Hall–Kier alpha value is -0.0800. The molecule has 0 aromatic heterocycles. The molecule has 1 heterocycles. The van der Waals surface area contributed by atoms with E-state index in [-0.39, 0.29) is 0 Å². The highest BCUT2D eigenvalue weighted by molar-refractivity contribution is 4.79. The molecule has 2 heteroatoms. The SMILES string of the molecule is CC1OC1CCCCCCCCCCCCO. The second-order valence-electron chi connectivity index (χ2n) is 5.43. The number of aliphatic hydroxyl groups is 1. The smallest absolute Gasteiger partial charge is 0.0839 e. The zero-order valence-electron chi connectivity index (χ0n) is 11.5. The Bertz CT molecular complexity index is 170. The quantitative estimate of drug-likeness (QED) is 0.413. The van der Waals surface area contributed by atoms with E-state index in [1.807, 2.05) is 0 Å². The van der Waals surface area contributed by atoms with Gasteiger partial charge in [0.1, 0.15) is 0 Å². The van der Waals surface area contributed by atoms with E-state index in [1.54, 1.807) is 0 Å². The molecular weight excluding hydrogens is 212 g/mol. The predicted molar refractivity (Wildman–Crippen MR) is 72.2 cm³/mol. The third-order valence-electron chi connectivity index (χ3n) is 3.73. The van der Waals surface area contributed by atoms with Crippen LogP contribution in [-0.4, -0.2) is 23.9 Å². The van der Waals surface area contributed by atoms with E-state index >= 15 is 0 Å². The lowest BCUT2D eigenvalue weighted by molar-refractivity contribution is 0.282. The second-order valence-corrected chi connectivity index (χ2v) is 5.43. The van der Waals surface area contributed by atoms with E-state index in [0.29, 0.717) is 18.8 Å². The molecule has 17 heavy (non-hydrogen) atoms. The summed E-state index contributed by atoms with van der Waals surface area (Å²) in [5.41, 5.74) is 0. The Morgan fingerprint density at radius 1 is 0.765 bits per heavy atom. The molecule has 0 aromatic carbocycles. The maximum Gasteiger partial charge on any atom is 0.0839 e. The van der Waals surface area contributed by atoms with Crippen molar-refractivity contribution in [1.29, 1.82) is 0 Å². The lowest BCUT2D eigenvalue weighted by Crippen LogP contribution is -1.89. The van der Waals surface area contributed by atoms with Crippen LogP contribution < -0.4 is 0 Å². The van der Waals surface area contributed by atoms with E-state index in [0.717, 1.165) is 6.42 Å². The van der Waals surface area contributed by atoms with Gasteiger partial charge in [-0.25, -0.2) is 0 Å². The molecule has 1 aliphatic rings. The monoisotopic (exact) mass is 242 g/mol. The number of rotatable bonds is 12. The maximum absolute atomic E-state index is 8.64. The lowest BCUT2D eigenvalue weighted by atomic mass is 10.0. The summed E-state index contributed by atoms with van der Waals surface area (Å²) < 4.78 is 5.39. The minimum atomic E-state index is 0.364. The van der Waals surface area contributed by atoms with Crippen LogP contribution in [0.4, 0.5) is 0 Å². The normalized spacial score (nSPS) is 22.9. The summed E-state index contributed by atoms with van der Waals surface area (Å²) in [6, 6.07) is 0. The van der Waals surface area contributed by atoms with Crippen LogP contribution in [0.25, 0.3) is 0 Å². The third-order valence-corrected chi connectivity index (χ3v) is 3.73. The van der Waals surface area contributed by atoms with Crippen LogP contribution in [0.3, 0.4) is 0 Å². The zero-order chi connectivity index (χ0) is 12.3. The van der Waals surface area contributed by atoms with Gasteiger partial charge in [-0.3, -0.25) is 0 Å². The minimum absolute atomic E-state index is 0.364. The molecule has 102 valence electrons. The first kappa shape index (κ1) is 15.0. The number of ether oxygens (including phenoxy) is 1. The summed E-state index contributed by atoms with van der Waals surface area (Å²) in [6.45, 7) is 2.53. The van der Waals surface area contributed by atoms with Crippen LogP contribution in [0, 0.1) is 0 Å². The average Bonchev–Trinajstić information content (AvgIpc) is 3.02. The Morgan fingerprint density at radius 3 is 1.59 bits per heavy atom. The molecule has 0 aliphatic carbocycles. The Labute approximate surface area is 107 Å². The fraction of sp³-hybridized carbons (Fsp3) is 1.00. The molecule has 2 atom stereocenters. The summed E-state index contributed by atoms with van der Waals surface area (Å²) >= 11 is 0. The molecule has 2 nitrogen and oxygen atoms in total. The molecule has 0 aromatic rings. The number of unbranched alkanes of at least 4 members (excludes halogenated alkanes) is 9. The van der Waals surface area contributed by atoms with Crippen LogP contribution >= 0.6 is 0 Å².